The Morgan fingerprint density at radius 2 is 1.78 bits per heavy atom. The molecule has 1 saturated carbocycles. The first-order valence-corrected chi connectivity index (χ1v) is 12.3. The van der Waals surface area contributed by atoms with E-state index < -0.39 is 5.97 Å². The third-order valence-corrected chi connectivity index (χ3v) is 7.14. The van der Waals surface area contributed by atoms with Gasteiger partial charge >= 0.3 is 5.97 Å². The SMILES string of the molecule is O=CN(c1cccc(/C=C/C(=O)O)c1)C1(Cc2ccc(-c3ccc4oncc4c3)cc2)CCCCC1. The van der Waals surface area contributed by atoms with Gasteiger partial charge in [-0.25, -0.2) is 4.79 Å². The molecule has 1 aliphatic rings. The Morgan fingerprint density at radius 3 is 2.53 bits per heavy atom. The first-order valence-electron chi connectivity index (χ1n) is 12.3. The van der Waals surface area contributed by atoms with Gasteiger partial charge in [-0.2, -0.15) is 0 Å². The molecule has 1 fully saturated rings. The van der Waals surface area contributed by atoms with E-state index in [1.807, 2.05) is 41.3 Å². The fraction of sp³-hybridized carbons (Fsp3) is 0.233. The third-order valence-electron chi connectivity index (χ3n) is 7.14. The summed E-state index contributed by atoms with van der Waals surface area (Å²) >= 11 is 0. The van der Waals surface area contributed by atoms with E-state index in [-0.39, 0.29) is 5.54 Å². The Labute approximate surface area is 209 Å². The summed E-state index contributed by atoms with van der Waals surface area (Å²) in [6, 6.07) is 22.1. The molecule has 0 saturated heterocycles. The number of carboxylic acids is 1. The molecule has 1 aromatic heterocycles. The van der Waals surface area contributed by atoms with Crippen LogP contribution in [0, 0.1) is 0 Å². The van der Waals surface area contributed by atoms with E-state index >= 15 is 0 Å². The predicted octanol–water partition coefficient (Wildman–Crippen LogP) is 6.50. The standard InChI is InChI=1S/C30H28N2O4/c33-21-32(27-6-4-5-22(17-27)9-14-29(34)35)30(15-2-1-3-16-30)19-23-7-10-24(11-8-23)25-12-13-28-26(18-25)20-31-36-28/h4-14,17-18,20-21H,1-3,15-16,19H2,(H,34,35)/b14-9+. The first kappa shape index (κ1) is 23.5. The second-order valence-electron chi connectivity index (χ2n) is 9.48. The van der Waals surface area contributed by atoms with Crippen molar-refractivity contribution in [2.24, 2.45) is 0 Å². The molecule has 6 heteroatoms. The van der Waals surface area contributed by atoms with Crippen LogP contribution in [-0.4, -0.2) is 28.2 Å². The molecule has 1 amide bonds. The molecule has 3 aromatic carbocycles. The van der Waals surface area contributed by atoms with Gasteiger partial charge in [0, 0.05) is 17.1 Å². The van der Waals surface area contributed by atoms with Crippen molar-refractivity contribution in [2.45, 2.75) is 44.1 Å². The third kappa shape index (κ3) is 4.93. The van der Waals surface area contributed by atoms with E-state index in [1.165, 1.54) is 12.0 Å². The number of hydrogen-bond donors (Lipinski definition) is 1. The van der Waals surface area contributed by atoms with Gasteiger partial charge in [0.2, 0.25) is 6.41 Å². The molecule has 1 heterocycles. The van der Waals surface area contributed by atoms with Gasteiger partial charge in [0.05, 0.1) is 11.7 Å². The number of anilines is 1. The van der Waals surface area contributed by atoms with Crippen LogP contribution in [0.2, 0.25) is 0 Å². The lowest BCUT2D eigenvalue weighted by molar-refractivity contribution is -0.131. The normalized spacial score (nSPS) is 15.2. The number of rotatable bonds is 8. The summed E-state index contributed by atoms with van der Waals surface area (Å²) in [5, 5.41) is 13.8. The fourth-order valence-corrected chi connectivity index (χ4v) is 5.35. The molecular weight excluding hydrogens is 452 g/mol. The lowest BCUT2D eigenvalue weighted by Crippen LogP contribution is -2.51. The minimum atomic E-state index is -0.999. The summed E-state index contributed by atoms with van der Waals surface area (Å²) in [4.78, 5) is 25.3. The Morgan fingerprint density at radius 1 is 1.00 bits per heavy atom. The zero-order chi connectivity index (χ0) is 25.0. The molecule has 0 atom stereocenters. The highest BCUT2D eigenvalue weighted by Crippen LogP contribution is 2.39. The molecule has 0 radical (unpaired) electrons. The van der Waals surface area contributed by atoms with Crippen LogP contribution in [0.25, 0.3) is 28.2 Å². The zero-order valence-corrected chi connectivity index (χ0v) is 20.0. The number of benzene rings is 3. The average Bonchev–Trinajstić information content (AvgIpc) is 3.37. The van der Waals surface area contributed by atoms with Gasteiger partial charge in [0.15, 0.2) is 5.58 Å². The Balaban J connectivity index is 1.43. The number of amides is 1. The number of carbonyl (C=O) groups excluding carboxylic acids is 1. The molecule has 1 N–H and O–H groups in total. The van der Waals surface area contributed by atoms with Crippen LogP contribution in [0.15, 0.2) is 83.5 Å². The van der Waals surface area contributed by atoms with Crippen LogP contribution in [0.4, 0.5) is 5.69 Å². The van der Waals surface area contributed by atoms with E-state index in [9.17, 15) is 9.59 Å². The van der Waals surface area contributed by atoms with Crippen molar-refractivity contribution in [2.75, 3.05) is 4.90 Å². The van der Waals surface area contributed by atoms with E-state index in [0.717, 1.165) is 77.9 Å². The predicted molar refractivity (Wildman–Crippen MR) is 141 cm³/mol. The van der Waals surface area contributed by atoms with Crippen LogP contribution in [-0.2, 0) is 16.0 Å². The fourth-order valence-electron chi connectivity index (χ4n) is 5.35. The maximum atomic E-state index is 12.5. The lowest BCUT2D eigenvalue weighted by atomic mass is 9.76. The highest BCUT2D eigenvalue weighted by molar-refractivity contribution is 5.86. The second kappa shape index (κ2) is 10.2. The quantitative estimate of drug-likeness (QED) is 0.230. The maximum absolute atomic E-state index is 12.5. The van der Waals surface area contributed by atoms with Gasteiger partial charge in [-0.15, -0.1) is 0 Å². The molecule has 5 rings (SSSR count). The molecule has 1 aliphatic carbocycles. The number of aliphatic carboxylic acids is 1. The minimum Gasteiger partial charge on any atom is -0.478 e. The van der Waals surface area contributed by atoms with Crippen molar-refractivity contribution in [3.63, 3.8) is 0 Å². The van der Waals surface area contributed by atoms with Gasteiger partial charge in [-0.05, 0) is 71.9 Å². The molecule has 0 bridgehead atoms. The molecule has 4 aromatic rings. The van der Waals surface area contributed by atoms with Crippen LogP contribution >= 0.6 is 0 Å². The van der Waals surface area contributed by atoms with Gasteiger partial charge < -0.3 is 14.5 Å². The van der Waals surface area contributed by atoms with E-state index in [1.54, 1.807) is 12.3 Å². The largest absolute Gasteiger partial charge is 0.478 e. The minimum absolute atomic E-state index is 0.321. The molecule has 0 spiro atoms. The van der Waals surface area contributed by atoms with E-state index in [2.05, 4.69) is 35.5 Å². The van der Waals surface area contributed by atoms with Crippen molar-refractivity contribution < 1.29 is 19.2 Å². The number of fused-ring (bicyclic) bond motifs is 1. The molecule has 0 aliphatic heterocycles. The number of hydrogen-bond acceptors (Lipinski definition) is 4. The monoisotopic (exact) mass is 480 g/mol. The van der Waals surface area contributed by atoms with Gasteiger partial charge in [-0.3, -0.25) is 4.79 Å². The highest BCUT2D eigenvalue weighted by Gasteiger charge is 2.38. The number of carboxylic acid groups (broad SMARTS) is 1. The number of carbonyl (C=O) groups is 2. The second-order valence-corrected chi connectivity index (χ2v) is 9.48. The smallest absolute Gasteiger partial charge is 0.328 e. The highest BCUT2D eigenvalue weighted by atomic mass is 16.5. The summed E-state index contributed by atoms with van der Waals surface area (Å²) in [5.74, 6) is -0.999. The molecular formula is C30H28N2O4. The zero-order valence-electron chi connectivity index (χ0n) is 20.0. The first-order chi connectivity index (χ1) is 17.6. The summed E-state index contributed by atoms with van der Waals surface area (Å²) in [6.07, 6.45) is 11.2. The number of aromatic nitrogens is 1. The summed E-state index contributed by atoms with van der Waals surface area (Å²) in [5.41, 5.74) is 5.39. The van der Waals surface area contributed by atoms with Crippen LogP contribution in [0.3, 0.4) is 0 Å². The van der Waals surface area contributed by atoms with E-state index in [4.69, 9.17) is 9.63 Å². The van der Waals surface area contributed by atoms with Crippen LogP contribution in [0.1, 0.15) is 43.2 Å². The Hall–Kier alpha value is -4.19. The van der Waals surface area contributed by atoms with Crippen molar-refractivity contribution in [1.82, 2.24) is 5.16 Å². The topological polar surface area (TPSA) is 83.6 Å². The lowest BCUT2D eigenvalue weighted by Gasteiger charge is -2.45. The van der Waals surface area contributed by atoms with Crippen LogP contribution in [0.5, 0.6) is 0 Å². The molecule has 6 nitrogen and oxygen atoms in total. The number of nitrogens with zero attached hydrogens (tertiary/aromatic N) is 2. The Kier molecular flexibility index (Phi) is 6.67. The van der Waals surface area contributed by atoms with E-state index in [0.29, 0.717) is 0 Å². The molecule has 0 unspecified atom stereocenters. The maximum Gasteiger partial charge on any atom is 0.328 e. The molecule has 182 valence electrons. The molecule has 36 heavy (non-hydrogen) atoms. The van der Waals surface area contributed by atoms with Gasteiger partial charge in [-0.1, -0.05) is 66.9 Å². The Bertz CT molecular complexity index is 1400. The summed E-state index contributed by atoms with van der Waals surface area (Å²) < 4.78 is 5.21. The van der Waals surface area contributed by atoms with Crippen molar-refractivity contribution in [3.8, 4) is 11.1 Å². The van der Waals surface area contributed by atoms with Crippen molar-refractivity contribution >= 4 is 35.1 Å². The average molecular weight is 481 g/mol. The van der Waals surface area contributed by atoms with Gasteiger partial charge in [0.25, 0.3) is 0 Å². The summed E-state index contributed by atoms with van der Waals surface area (Å²) in [7, 11) is 0. The van der Waals surface area contributed by atoms with Crippen LogP contribution < -0.4 is 4.90 Å². The van der Waals surface area contributed by atoms with Gasteiger partial charge in [0.1, 0.15) is 0 Å². The van der Waals surface area contributed by atoms with Crippen molar-refractivity contribution in [3.05, 3.63) is 90.1 Å². The van der Waals surface area contributed by atoms with Crippen molar-refractivity contribution in [1.29, 1.82) is 0 Å². The summed E-state index contributed by atoms with van der Waals surface area (Å²) in [6.45, 7) is 0.